The van der Waals surface area contributed by atoms with Crippen LogP contribution < -0.4 is 0 Å². The van der Waals surface area contributed by atoms with Gasteiger partial charge in [-0.05, 0) is 17.7 Å². The molecule has 1 aliphatic heterocycles. The zero-order chi connectivity index (χ0) is 18.1. The summed E-state index contributed by atoms with van der Waals surface area (Å²) in [4.78, 5) is 16.4. The van der Waals surface area contributed by atoms with Gasteiger partial charge in [-0.15, -0.1) is 0 Å². The lowest BCUT2D eigenvalue weighted by Gasteiger charge is -2.28. The summed E-state index contributed by atoms with van der Waals surface area (Å²) in [6.07, 6.45) is 4.95. The molecule has 132 valence electrons. The van der Waals surface area contributed by atoms with Crippen molar-refractivity contribution in [3.63, 3.8) is 0 Å². The van der Waals surface area contributed by atoms with Crippen LogP contribution in [0.25, 0.3) is 22.3 Å². The maximum atomic E-state index is 4.82. The number of benzene rings is 2. The minimum Gasteiger partial charge on any atom is -0.294 e. The molecule has 0 amide bonds. The highest BCUT2D eigenvalue weighted by atomic mass is 15.1. The van der Waals surface area contributed by atoms with E-state index in [4.69, 9.17) is 4.98 Å². The first kappa shape index (κ1) is 16.1. The standard InChI is InChI=1S/C23H20N4/c1-2-6-18(7-3-1)23-25-14-20-16-27(11-10-22(20)26-23)15-17-12-19-8-4-5-9-21(19)24-13-17/h1-9,12-14H,10-11,15-16H2. The highest BCUT2D eigenvalue weighted by molar-refractivity contribution is 5.78. The topological polar surface area (TPSA) is 41.9 Å². The average molecular weight is 352 g/mol. The molecule has 0 saturated heterocycles. The van der Waals surface area contributed by atoms with Crippen molar-refractivity contribution in [1.29, 1.82) is 0 Å². The van der Waals surface area contributed by atoms with Gasteiger partial charge in [0.25, 0.3) is 0 Å². The van der Waals surface area contributed by atoms with Gasteiger partial charge in [-0.3, -0.25) is 9.88 Å². The molecule has 0 atom stereocenters. The van der Waals surface area contributed by atoms with Crippen LogP contribution in [0, 0.1) is 0 Å². The molecule has 1 aliphatic rings. The molecule has 0 aliphatic carbocycles. The van der Waals surface area contributed by atoms with Gasteiger partial charge in [0.1, 0.15) is 0 Å². The fourth-order valence-corrected chi connectivity index (χ4v) is 3.70. The Bertz CT molecular complexity index is 1090. The summed E-state index contributed by atoms with van der Waals surface area (Å²) < 4.78 is 0. The largest absolute Gasteiger partial charge is 0.294 e. The number of fused-ring (bicyclic) bond motifs is 2. The highest BCUT2D eigenvalue weighted by Gasteiger charge is 2.19. The third kappa shape index (κ3) is 3.32. The fraction of sp³-hybridized carbons (Fsp3) is 0.174. The minimum atomic E-state index is 0.821. The van der Waals surface area contributed by atoms with Gasteiger partial charge in [-0.25, -0.2) is 9.97 Å². The minimum absolute atomic E-state index is 0.821. The van der Waals surface area contributed by atoms with Gasteiger partial charge >= 0.3 is 0 Å². The Balaban J connectivity index is 1.34. The smallest absolute Gasteiger partial charge is 0.159 e. The summed E-state index contributed by atoms with van der Waals surface area (Å²) in [5.41, 5.74) is 5.78. The number of rotatable bonds is 3. The van der Waals surface area contributed by atoms with E-state index in [1.54, 1.807) is 0 Å². The van der Waals surface area contributed by atoms with Crippen LogP contribution in [0.3, 0.4) is 0 Å². The van der Waals surface area contributed by atoms with E-state index in [9.17, 15) is 0 Å². The molecule has 3 heterocycles. The third-order valence-corrected chi connectivity index (χ3v) is 5.10. The number of para-hydroxylation sites is 1. The van der Waals surface area contributed by atoms with Crippen LogP contribution in [0.4, 0.5) is 0 Å². The van der Waals surface area contributed by atoms with Crippen LogP contribution in [-0.4, -0.2) is 26.4 Å². The van der Waals surface area contributed by atoms with Crippen LogP contribution in [0.15, 0.2) is 73.1 Å². The fourth-order valence-electron chi connectivity index (χ4n) is 3.70. The normalized spacial score (nSPS) is 14.2. The Kier molecular flexibility index (Phi) is 4.11. The van der Waals surface area contributed by atoms with Gasteiger partial charge < -0.3 is 0 Å². The molecule has 0 saturated carbocycles. The Labute approximate surface area is 158 Å². The van der Waals surface area contributed by atoms with Crippen LogP contribution in [0.5, 0.6) is 0 Å². The van der Waals surface area contributed by atoms with Crippen molar-refractivity contribution in [2.75, 3.05) is 6.54 Å². The van der Waals surface area contributed by atoms with Gasteiger partial charge in [0.05, 0.1) is 11.2 Å². The van der Waals surface area contributed by atoms with Crippen molar-refractivity contribution in [3.8, 4) is 11.4 Å². The zero-order valence-corrected chi connectivity index (χ0v) is 15.0. The molecule has 0 fully saturated rings. The molecule has 2 aromatic heterocycles. The molecule has 0 bridgehead atoms. The molecule has 27 heavy (non-hydrogen) atoms. The van der Waals surface area contributed by atoms with E-state index in [0.717, 1.165) is 43.0 Å². The molecule has 0 N–H and O–H groups in total. The highest BCUT2D eigenvalue weighted by Crippen LogP contribution is 2.22. The summed E-state index contributed by atoms with van der Waals surface area (Å²) in [6, 6.07) is 20.7. The number of nitrogens with zero attached hydrogens (tertiary/aromatic N) is 4. The van der Waals surface area contributed by atoms with Gasteiger partial charge in [0.2, 0.25) is 0 Å². The molecule has 0 spiro atoms. The summed E-state index contributed by atoms with van der Waals surface area (Å²) >= 11 is 0. The van der Waals surface area contributed by atoms with Crippen molar-refractivity contribution >= 4 is 10.9 Å². The Morgan fingerprint density at radius 3 is 2.67 bits per heavy atom. The summed E-state index contributed by atoms with van der Waals surface area (Å²) in [5.74, 6) is 0.821. The average Bonchev–Trinajstić information content (AvgIpc) is 2.74. The van der Waals surface area contributed by atoms with Crippen molar-refractivity contribution in [1.82, 2.24) is 19.9 Å². The van der Waals surface area contributed by atoms with Crippen molar-refractivity contribution in [3.05, 3.63) is 89.9 Å². The van der Waals surface area contributed by atoms with Crippen LogP contribution in [0.1, 0.15) is 16.8 Å². The third-order valence-electron chi connectivity index (χ3n) is 5.10. The Hall–Kier alpha value is -3.11. The summed E-state index contributed by atoms with van der Waals surface area (Å²) in [7, 11) is 0. The first-order valence-corrected chi connectivity index (χ1v) is 9.31. The van der Waals surface area contributed by atoms with Gasteiger partial charge in [-0.2, -0.15) is 0 Å². The number of pyridine rings is 1. The second-order valence-electron chi connectivity index (χ2n) is 7.03. The lowest BCUT2D eigenvalue weighted by atomic mass is 10.1. The Morgan fingerprint density at radius 2 is 1.74 bits per heavy atom. The second kappa shape index (κ2) is 6.89. The maximum absolute atomic E-state index is 4.82. The second-order valence-corrected chi connectivity index (χ2v) is 7.03. The van der Waals surface area contributed by atoms with Gasteiger partial charge in [0.15, 0.2) is 5.82 Å². The molecular weight excluding hydrogens is 332 g/mol. The molecular formula is C23H20N4. The number of hydrogen-bond donors (Lipinski definition) is 0. The molecule has 4 heteroatoms. The monoisotopic (exact) mass is 352 g/mol. The van der Waals surface area contributed by atoms with E-state index in [-0.39, 0.29) is 0 Å². The van der Waals surface area contributed by atoms with Crippen molar-refractivity contribution < 1.29 is 0 Å². The predicted octanol–water partition coefficient (Wildman–Crippen LogP) is 4.25. The molecule has 2 aromatic carbocycles. The predicted molar refractivity (Wildman–Crippen MR) is 107 cm³/mol. The number of hydrogen-bond acceptors (Lipinski definition) is 4. The Morgan fingerprint density at radius 1 is 0.889 bits per heavy atom. The van der Waals surface area contributed by atoms with E-state index >= 15 is 0 Å². The van der Waals surface area contributed by atoms with Crippen LogP contribution in [0.2, 0.25) is 0 Å². The molecule has 4 aromatic rings. The zero-order valence-electron chi connectivity index (χ0n) is 15.0. The summed E-state index contributed by atoms with van der Waals surface area (Å²) in [6.45, 7) is 2.79. The van der Waals surface area contributed by atoms with Gasteiger partial charge in [0, 0.05) is 55.0 Å². The number of aromatic nitrogens is 3. The first-order valence-electron chi connectivity index (χ1n) is 9.31. The van der Waals surface area contributed by atoms with Crippen molar-refractivity contribution in [2.24, 2.45) is 0 Å². The maximum Gasteiger partial charge on any atom is 0.159 e. The lowest BCUT2D eigenvalue weighted by molar-refractivity contribution is 0.243. The SMILES string of the molecule is c1ccc(-c2ncc3c(n2)CCN(Cc2cnc4ccccc4c2)C3)cc1. The molecule has 0 unspecified atom stereocenters. The van der Waals surface area contributed by atoms with E-state index < -0.39 is 0 Å². The first-order chi connectivity index (χ1) is 13.3. The molecule has 5 rings (SSSR count). The van der Waals surface area contributed by atoms with Crippen LogP contribution in [-0.2, 0) is 19.5 Å². The van der Waals surface area contributed by atoms with E-state index in [1.807, 2.05) is 36.7 Å². The van der Waals surface area contributed by atoms with Crippen LogP contribution >= 0.6 is 0 Å². The lowest BCUT2D eigenvalue weighted by Crippen LogP contribution is -2.31. The van der Waals surface area contributed by atoms with Gasteiger partial charge in [-0.1, -0.05) is 48.5 Å². The quantitative estimate of drug-likeness (QED) is 0.553. The van der Waals surface area contributed by atoms with E-state index in [1.165, 1.54) is 22.2 Å². The molecule has 0 radical (unpaired) electrons. The van der Waals surface area contributed by atoms with E-state index in [2.05, 4.69) is 51.3 Å². The van der Waals surface area contributed by atoms with E-state index in [0.29, 0.717) is 0 Å². The molecule has 4 nitrogen and oxygen atoms in total. The summed E-state index contributed by atoms with van der Waals surface area (Å²) in [5, 5.41) is 1.20. The van der Waals surface area contributed by atoms with Crippen molar-refractivity contribution in [2.45, 2.75) is 19.5 Å².